The van der Waals surface area contributed by atoms with Crippen LogP contribution in [0.2, 0.25) is 5.15 Å². The van der Waals surface area contributed by atoms with Crippen molar-refractivity contribution in [1.29, 1.82) is 5.26 Å². The predicted molar refractivity (Wildman–Crippen MR) is 58.0 cm³/mol. The molecule has 0 saturated heterocycles. The van der Waals surface area contributed by atoms with E-state index in [9.17, 15) is 8.42 Å². The first kappa shape index (κ1) is 10.9. The van der Waals surface area contributed by atoms with Crippen molar-refractivity contribution in [2.24, 2.45) is 0 Å². The summed E-state index contributed by atoms with van der Waals surface area (Å²) in [6.07, 6.45) is 1.00. The summed E-state index contributed by atoms with van der Waals surface area (Å²) < 4.78 is 24.2. The Balaban J connectivity index is 3.01. The molecule has 0 spiro atoms. The Morgan fingerprint density at radius 3 is 2.75 bits per heavy atom. The highest BCUT2D eigenvalue weighted by molar-refractivity contribution is 7.90. The smallest absolute Gasteiger partial charge is 0.195 e. The number of nitrogens with zero attached hydrogens (tertiary/aromatic N) is 3. The minimum absolute atomic E-state index is 0.0666. The number of aromatic nitrogens is 2. The largest absolute Gasteiger partial charge is 0.273 e. The van der Waals surface area contributed by atoms with Crippen molar-refractivity contribution in [3.8, 4) is 6.07 Å². The zero-order valence-corrected chi connectivity index (χ0v) is 9.75. The number of imidazole rings is 1. The van der Waals surface area contributed by atoms with Crippen LogP contribution in [0.25, 0.3) is 5.65 Å². The van der Waals surface area contributed by atoms with Crippen LogP contribution in [0, 0.1) is 11.3 Å². The van der Waals surface area contributed by atoms with Gasteiger partial charge in [-0.1, -0.05) is 17.7 Å². The fraction of sp³-hybridized carbons (Fsp3) is 0.111. The van der Waals surface area contributed by atoms with Gasteiger partial charge in [0.05, 0.1) is 0 Å². The summed E-state index contributed by atoms with van der Waals surface area (Å²) in [5, 5.41) is 8.96. The van der Waals surface area contributed by atoms with Crippen LogP contribution in [-0.4, -0.2) is 24.1 Å². The lowest BCUT2D eigenvalue weighted by molar-refractivity contribution is 0.598. The molecule has 0 amide bonds. The van der Waals surface area contributed by atoms with Gasteiger partial charge in [-0.3, -0.25) is 4.40 Å². The van der Waals surface area contributed by atoms with Gasteiger partial charge in [0, 0.05) is 6.26 Å². The van der Waals surface area contributed by atoms with E-state index in [2.05, 4.69) is 4.98 Å². The van der Waals surface area contributed by atoms with Gasteiger partial charge < -0.3 is 0 Å². The summed E-state index contributed by atoms with van der Waals surface area (Å²) in [4.78, 5) is 3.88. The van der Waals surface area contributed by atoms with Crippen molar-refractivity contribution in [2.45, 2.75) is 5.03 Å². The van der Waals surface area contributed by atoms with E-state index in [0.29, 0.717) is 5.65 Å². The minimum atomic E-state index is -3.54. The van der Waals surface area contributed by atoms with Crippen LogP contribution in [-0.2, 0) is 9.84 Å². The van der Waals surface area contributed by atoms with Crippen molar-refractivity contribution in [3.63, 3.8) is 0 Å². The van der Waals surface area contributed by atoms with Gasteiger partial charge in [0.15, 0.2) is 20.6 Å². The minimum Gasteiger partial charge on any atom is -0.273 e. The van der Waals surface area contributed by atoms with Crippen LogP contribution in [0.1, 0.15) is 5.69 Å². The van der Waals surface area contributed by atoms with Crippen molar-refractivity contribution in [2.75, 3.05) is 6.26 Å². The van der Waals surface area contributed by atoms with Crippen LogP contribution in [0.5, 0.6) is 0 Å². The lowest BCUT2D eigenvalue weighted by Crippen LogP contribution is -2.01. The molecule has 0 aliphatic carbocycles. The third kappa shape index (κ3) is 1.54. The number of fused-ring (bicyclic) bond motifs is 1. The zero-order valence-electron chi connectivity index (χ0n) is 8.18. The molecule has 2 aromatic heterocycles. The maximum absolute atomic E-state index is 11.4. The normalized spacial score (nSPS) is 11.6. The van der Waals surface area contributed by atoms with Gasteiger partial charge in [-0.2, -0.15) is 5.26 Å². The molecule has 0 unspecified atom stereocenters. The van der Waals surface area contributed by atoms with Gasteiger partial charge in [0.2, 0.25) is 0 Å². The summed E-state index contributed by atoms with van der Waals surface area (Å²) in [6, 6.07) is 6.58. The lowest BCUT2D eigenvalue weighted by Gasteiger charge is -1.97. The molecule has 0 aliphatic rings. The molecule has 2 rings (SSSR count). The molecule has 82 valence electrons. The van der Waals surface area contributed by atoms with E-state index in [1.165, 1.54) is 4.40 Å². The average Bonchev–Trinajstić information content (AvgIpc) is 2.57. The standard InChI is InChI=1S/C9H6ClN3O2S/c1-16(14,15)9-6(5-11)13-7(10)3-2-4-8(13)12-9/h2-4H,1H3. The zero-order chi connectivity index (χ0) is 11.9. The summed E-state index contributed by atoms with van der Waals surface area (Å²) in [6.45, 7) is 0. The first-order chi connectivity index (χ1) is 7.45. The fourth-order valence-corrected chi connectivity index (χ4v) is 2.38. The summed E-state index contributed by atoms with van der Waals surface area (Å²) in [5.74, 6) is 0. The fourth-order valence-electron chi connectivity index (χ4n) is 1.39. The van der Waals surface area contributed by atoms with Crippen LogP contribution < -0.4 is 0 Å². The number of nitriles is 1. The van der Waals surface area contributed by atoms with Crippen LogP contribution in [0.15, 0.2) is 23.2 Å². The molecule has 0 aliphatic heterocycles. The first-order valence-corrected chi connectivity index (χ1v) is 6.49. The van der Waals surface area contributed by atoms with E-state index < -0.39 is 9.84 Å². The molecule has 2 heterocycles. The number of hydrogen-bond acceptors (Lipinski definition) is 4. The van der Waals surface area contributed by atoms with Gasteiger partial charge >= 0.3 is 0 Å². The second-order valence-corrected chi connectivity index (χ2v) is 5.51. The molecule has 0 atom stereocenters. The molecule has 16 heavy (non-hydrogen) atoms. The Kier molecular flexibility index (Phi) is 2.37. The summed E-state index contributed by atoms with van der Waals surface area (Å²) in [7, 11) is -3.54. The first-order valence-electron chi connectivity index (χ1n) is 4.22. The van der Waals surface area contributed by atoms with Gasteiger partial charge in [0.25, 0.3) is 0 Å². The van der Waals surface area contributed by atoms with Gasteiger partial charge in [0.1, 0.15) is 16.9 Å². The lowest BCUT2D eigenvalue weighted by atomic mass is 10.4. The van der Waals surface area contributed by atoms with Crippen molar-refractivity contribution in [3.05, 3.63) is 29.0 Å². The maximum Gasteiger partial charge on any atom is 0.195 e. The number of halogens is 1. The van der Waals surface area contributed by atoms with E-state index in [0.717, 1.165) is 6.26 Å². The van der Waals surface area contributed by atoms with E-state index in [1.807, 2.05) is 0 Å². The molecule has 0 N–H and O–H groups in total. The highest BCUT2D eigenvalue weighted by atomic mass is 35.5. The Labute approximate surface area is 96.8 Å². The molecule has 0 bridgehead atoms. The Bertz CT molecular complexity index is 712. The topological polar surface area (TPSA) is 75.2 Å². The van der Waals surface area contributed by atoms with Gasteiger partial charge in [-0.05, 0) is 12.1 Å². The maximum atomic E-state index is 11.4. The Hall–Kier alpha value is -1.58. The van der Waals surface area contributed by atoms with E-state index in [4.69, 9.17) is 16.9 Å². The third-order valence-electron chi connectivity index (χ3n) is 2.02. The highest BCUT2D eigenvalue weighted by Gasteiger charge is 2.21. The summed E-state index contributed by atoms with van der Waals surface area (Å²) in [5.41, 5.74) is 0.271. The van der Waals surface area contributed by atoms with Gasteiger partial charge in [-0.25, -0.2) is 13.4 Å². The molecule has 5 nitrogen and oxygen atoms in total. The number of rotatable bonds is 1. The van der Waals surface area contributed by atoms with E-state index >= 15 is 0 Å². The third-order valence-corrected chi connectivity index (χ3v) is 3.30. The highest BCUT2D eigenvalue weighted by Crippen LogP contribution is 2.21. The molecule has 0 fully saturated rings. The predicted octanol–water partition coefficient (Wildman–Crippen LogP) is 1.26. The SMILES string of the molecule is CS(=O)(=O)c1nc2cccc(Cl)n2c1C#N. The molecule has 0 saturated carbocycles. The van der Waals surface area contributed by atoms with Crippen molar-refractivity contribution < 1.29 is 8.42 Å². The van der Waals surface area contributed by atoms with Crippen LogP contribution >= 0.6 is 11.6 Å². The Morgan fingerprint density at radius 1 is 1.50 bits per heavy atom. The molecular weight excluding hydrogens is 250 g/mol. The second kappa shape index (κ2) is 3.47. The molecule has 0 radical (unpaired) electrons. The van der Waals surface area contributed by atoms with Gasteiger partial charge in [-0.15, -0.1) is 0 Å². The van der Waals surface area contributed by atoms with Crippen molar-refractivity contribution in [1.82, 2.24) is 9.38 Å². The molecule has 2 aromatic rings. The van der Waals surface area contributed by atoms with Crippen LogP contribution in [0.3, 0.4) is 0 Å². The summed E-state index contributed by atoms with van der Waals surface area (Å²) >= 11 is 5.88. The molecule has 0 aromatic carbocycles. The molecule has 7 heteroatoms. The monoisotopic (exact) mass is 255 g/mol. The number of hydrogen-bond donors (Lipinski definition) is 0. The van der Waals surface area contributed by atoms with Crippen LogP contribution in [0.4, 0.5) is 0 Å². The quantitative estimate of drug-likeness (QED) is 0.719. The number of pyridine rings is 1. The number of sulfone groups is 1. The average molecular weight is 256 g/mol. The molecular formula is C9H6ClN3O2S. The second-order valence-electron chi connectivity index (χ2n) is 3.19. The van der Waals surface area contributed by atoms with E-state index in [-0.39, 0.29) is 15.9 Å². The van der Waals surface area contributed by atoms with E-state index in [1.54, 1.807) is 24.3 Å². The van der Waals surface area contributed by atoms with Crippen molar-refractivity contribution >= 4 is 27.1 Å². The Morgan fingerprint density at radius 2 is 2.19 bits per heavy atom.